The van der Waals surface area contributed by atoms with Crippen molar-refractivity contribution in [2.75, 3.05) is 6.54 Å². The Morgan fingerprint density at radius 3 is 2.34 bits per heavy atom. The van der Waals surface area contributed by atoms with Gasteiger partial charge in [0.2, 0.25) is 0 Å². The van der Waals surface area contributed by atoms with Crippen molar-refractivity contribution in [2.24, 2.45) is 0 Å². The molecule has 1 amide bonds. The second-order valence-electron chi connectivity index (χ2n) is 11.2. The number of thioether (sulfide) groups is 1. The lowest BCUT2D eigenvalue weighted by Gasteiger charge is -2.43. The molecule has 0 bridgehead atoms. The van der Waals surface area contributed by atoms with E-state index < -0.39 is 6.10 Å². The minimum Gasteiger partial charge on any atom is -0.376 e. The van der Waals surface area contributed by atoms with Gasteiger partial charge >= 0.3 is 0 Å². The number of aliphatic hydroxyl groups excluding tert-OH is 1. The molecule has 0 radical (unpaired) electrons. The first-order valence-electron chi connectivity index (χ1n) is 13.1. The molecule has 0 aliphatic heterocycles. The average Bonchev–Trinajstić information content (AvgIpc) is 2.89. The molecule has 1 unspecified atom stereocenters. The van der Waals surface area contributed by atoms with Gasteiger partial charge in [-0.15, -0.1) is 11.8 Å². The van der Waals surface area contributed by atoms with Crippen LogP contribution in [0.1, 0.15) is 91.7 Å². The van der Waals surface area contributed by atoms with Crippen LogP contribution in [0.3, 0.4) is 0 Å². The molecule has 4 rings (SSSR count). The van der Waals surface area contributed by atoms with Gasteiger partial charge in [0.15, 0.2) is 0 Å². The molecule has 3 nitrogen and oxygen atoms in total. The maximum absolute atomic E-state index is 13.4. The molecule has 3 aromatic carbocycles. The fourth-order valence-corrected chi connectivity index (χ4v) is 6.23. The number of benzene rings is 3. The van der Waals surface area contributed by atoms with E-state index in [1.54, 1.807) is 36.0 Å². The lowest BCUT2D eigenvalue weighted by molar-refractivity contribution is 0.0956. The van der Waals surface area contributed by atoms with Gasteiger partial charge in [-0.2, -0.15) is 0 Å². The quantitative estimate of drug-likeness (QED) is 0.260. The summed E-state index contributed by atoms with van der Waals surface area (Å²) in [5.41, 5.74) is 5.75. The largest absolute Gasteiger partial charge is 0.376 e. The normalized spacial score (nSPS) is 16.1. The first-order valence-corrected chi connectivity index (χ1v) is 14.1. The van der Waals surface area contributed by atoms with Gasteiger partial charge in [0.05, 0.1) is 0 Å². The van der Waals surface area contributed by atoms with Gasteiger partial charge in [0, 0.05) is 28.3 Å². The molecule has 2 N–H and O–H groups in total. The Labute approximate surface area is 230 Å². The Balaban J connectivity index is 1.67. The van der Waals surface area contributed by atoms with Gasteiger partial charge in [0.1, 0.15) is 11.9 Å². The van der Waals surface area contributed by atoms with Crippen LogP contribution in [0.4, 0.5) is 4.39 Å². The number of aliphatic hydroxyl groups is 1. The molecule has 3 aromatic rings. The molecule has 198 valence electrons. The Morgan fingerprint density at radius 1 is 1.03 bits per heavy atom. The number of halogens is 1. The highest BCUT2D eigenvalue weighted by Gasteiger charge is 2.39. The third kappa shape index (κ3) is 6.31. The summed E-state index contributed by atoms with van der Waals surface area (Å²) in [6, 6.07) is 17.9. The van der Waals surface area contributed by atoms with Gasteiger partial charge in [-0.05, 0) is 95.3 Å². The van der Waals surface area contributed by atoms with E-state index in [1.807, 2.05) is 19.1 Å². The van der Waals surface area contributed by atoms with Crippen LogP contribution in [0, 0.1) is 17.7 Å². The molecule has 5 heteroatoms. The molecule has 0 fully saturated rings. The van der Waals surface area contributed by atoms with Crippen molar-refractivity contribution in [1.29, 1.82) is 0 Å². The summed E-state index contributed by atoms with van der Waals surface area (Å²) in [4.78, 5) is 13.2. The summed E-state index contributed by atoms with van der Waals surface area (Å²) in [6.07, 6.45) is 1.21. The number of hydrogen-bond donors (Lipinski definition) is 2. The maximum Gasteiger partial charge on any atom is 0.251 e. The molecule has 0 aromatic heterocycles. The van der Waals surface area contributed by atoms with Crippen LogP contribution in [0.5, 0.6) is 0 Å². The standard InChI is InChI=1S/C33H36FNO2S/c1-6-35-31(37)24-12-7-22(8-13-24)11-16-28(36)25-19-27-30(33(4,5)18-17-32(27,2)3)29(20-25)38-21-23-9-14-26(34)15-10-23/h7-10,12-15,19-20,28,36H,6,17-18,21H2,1-5H3,(H,35,37). The molecule has 0 heterocycles. The van der Waals surface area contributed by atoms with Gasteiger partial charge < -0.3 is 10.4 Å². The summed E-state index contributed by atoms with van der Waals surface area (Å²) in [6.45, 7) is 11.6. The molecule has 0 saturated carbocycles. The Hall–Kier alpha value is -3.07. The molecule has 1 atom stereocenters. The number of rotatable bonds is 6. The lowest BCUT2D eigenvalue weighted by atomic mass is 9.63. The summed E-state index contributed by atoms with van der Waals surface area (Å²) < 4.78 is 13.4. The lowest BCUT2D eigenvalue weighted by Crippen LogP contribution is -2.34. The van der Waals surface area contributed by atoms with Gasteiger partial charge in [-0.3, -0.25) is 4.79 Å². The summed E-state index contributed by atoms with van der Waals surface area (Å²) >= 11 is 1.73. The minimum atomic E-state index is -0.950. The van der Waals surface area contributed by atoms with Crippen molar-refractivity contribution in [2.45, 2.75) is 75.0 Å². The first-order chi connectivity index (χ1) is 18.0. The monoisotopic (exact) mass is 529 g/mol. The molecule has 1 aliphatic rings. The van der Waals surface area contributed by atoms with E-state index in [9.17, 15) is 14.3 Å². The van der Waals surface area contributed by atoms with Crippen LogP contribution < -0.4 is 5.32 Å². The van der Waals surface area contributed by atoms with E-state index in [0.29, 0.717) is 17.9 Å². The SMILES string of the molecule is CCNC(=O)c1ccc(C#CC(O)c2cc(SCc3ccc(F)cc3)c3c(c2)C(C)(C)CCC3(C)C)cc1. The zero-order chi connectivity index (χ0) is 27.5. The average molecular weight is 530 g/mol. The smallest absolute Gasteiger partial charge is 0.251 e. The van der Waals surface area contributed by atoms with Crippen LogP contribution in [0.15, 0.2) is 65.6 Å². The van der Waals surface area contributed by atoms with Crippen molar-refractivity contribution in [3.63, 3.8) is 0 Å². The minimum absolute atomic E-state index is 0.0109. The summed E-state index contributed by atoms with van der Waals surface area (Å²) in [5, 5.41) is 13.9. The zero-order valence-electron chi connectivity index (χ0n) is 22.8. The fourth-order valence-electron chi connectivity index (χ4n) is 4.97. The number of nitrogens with one attached hydrogen (secondary N) is 1. The van der Waals surface area contributed by atoms with E-state index in [4.69, 9.17) is 0 Å². The molecular weight excluding hydrogens is 493 g/mol. The van der Waals surface area contributed by atoms with Crippen molar-refractivity contribution in [3.8, 4) is 11.8 Å². The molecule has 0 spiro atoms. The molecule has 1 aliphatic carbocycles. The van der Waals surface area contributed by atoms with Crippen LogP contribution in [0.25, 0.3) is 0 Å². The maximum atomic E-state index is 13.4. The first kappa shape index (κ1) is 28.0. The van der Waals surface area contributed by atoms with Crippen LogP contribution in [-0.4, -0.2) is 17.6 Å². The van der Waals surface area contributed by atoms with E-state index in [1.165, 1.54) is 23.3 Å². The number of amides is 1. The Morgan fingerprint density at radius 2 is 1.68 bits per heavy atom. The summed E-state index contributed by atoms with van der Waals surface area (Å²) in [7, 11) is 0. The highest BCUT2D eigenvalue weighted by molar-refractivity contribution is 7.98. The Kier molecular flexibility index (Phi) is 8.35. The highest BCUT2D eigenvalue weighted by atomic mass is 32.2. The number of hydrogen-bond acceptors (Lipinski definition) is 3. The van der Waals surface area contributed by atoms with Gasteiger partial charge in [0.25, 0.3) is 5.91 Å². The van der Waals surface area contributed by atoms with Crippen molar-refractivity contribution < 1.29 is 14.3 Å². The summed E-state index contributed by atoms with van der Waals surface area (Å²) in [5.74, 6) is 6.44. The number of carbonyl (C=O) groups excluding carboxylic acids is 1. The van der Waals surface area contributed by atoms with Crippen molar-refractivity contribution in [3.05, 3.63) is 99.9 Å². The van der Waals surface area contributed by atoms with Crippen LogP contribution in [-0.2, 0) is 16.6 Å². The molecule has 0 saturated heterocycles. The second kappa shape index (κ2) is 11.4. The Bertz CT molecular complexity index is 1370. The fraction of sp³-hybridized carbons (Fsp3) is 0.364. The molecular formula is C33H36FNO2S. The van der Waals surface area contributed by atoms with E-state index in [2.05, 4.69) is 57.0 Å². The predicted molar refractivity (Wildman–Crippen MR) is 154 cm³/mol. The topological polar surface area (TPSA) is 49.3 Å². The van der Waals surface area contributed by atoms with Gasteiger partial charge in [-0.1, -0.05) is 57.7 Å². The van der Waals surface area contributed by atoms with Gasteiger partial charge in [-0.25, -0.2) is 4.39 Å². The van der Waals surface area contributed by atoms with Crippen LogP contribution in [0.2, 0.25) is 0 Å². The van der Waals surface area contributed by atoms with E-state index in [0.717, 1.165) is 34.4 Å². The van der Waals surface area contributed by atoms with E-state index >= 15 is 0 Å². The second-order valence-corrected chi connectivity index (χ2v) is 12.3. The zero-order valence-corrected chi connectivity index (χ0v) is 23.6. The highest BCUT2D eigenvalue weighted by Crippen LogP contribution is 2.50. The van der Waals surface area contributed by atoms with E-state index in [-0.39, 0.29) is 22.6 Å². The third-order valence-corrected chi connectivity index (χ3v) is 8.48. The van der Waals surface area contributed by atoms with Crippen molar-refractivity contribution >= 4 is 17.7 Å². The molecule has 38 heavy (non-hydrogen) atoms. The third-order valence-electron chi connectivity index (χ3n) is 7.37. The number of fused-ring (bicyclic) bond motifs is 1. The predicted octanol–water partition coefficient (Wildman–Crippen LogP) is 7.30. The van der Waals surface area contributed by atoms with Crippen LogP contribution >= 0.6 is 11.8 Å². The number of carbonyl (C=O) groups is 1. The van der Waals surface area contributed by atoms with Crippen molar-refractivity contribution in [1.82, 2.24) is 5.32 Å².